The summed E-state index contributed by atoms with van der Waals surface area (Å²) in [5.74, 6) is -2.49. The van der Waals surface area contributed by atoms with Gasteiger partial charge >= 0.3 is 11.9 Å². The van der Waals surface area contributed by atoms with Crippen LogP contribution in [0.15, 0.2) is 97.2 Å². The molecule has 0 spiro atoms. The van der Waals surface area contributed by atoms with E-state index in [9.17, 15) is 19.2 Å². The second-order valence-corrected chi connectivity index (χ2v) is 13.7. The molecule has 4 N–H and O–H groups in total. The number of rotatable bonds is 36. The van der Waals surface area contributed by atoms with Crippen LogP contribution < -0.4 is 10.6 Å². The van der Waals surface area contributed by atoms with Crippen molar-refractivity contribution in [3.63, 3.8) is 0 Å². The van der Waals surface area contributed by atoms with Crippen LogP contribution in [0.25, 0.3) is 0 Å². The number of aliphatic hydroxyl groups excluding tert-OH is 1. The van der Waals surface area contributed by atoms with Gasteiger partial charge in [-0.25, -0.2) is 4.79 Å². The summed E-state index contributed by atoms with van der Waals surface area (Å²) in [6.07, 6.45) is 53.2. The first-order valence-electron chi connectivity index (χ1n) is 21.1. The Kier molecular flexibility index (Phi) is 37.4. The normalized spacial score (nSPS) is 13.5. The van der Waals surface area contributed by atoms with Gasteiger partial charge in [0.15, 0.2) is 0 Å². The number of carbonyl (C=O) groups is 4. The molecular weight excluding hydrogens is 705 g/mol. The Morgan fingerprint density at radius 2 is 1.09 bits per heavy atom. The van der Waals surface area contributed by atoms with E-state index in [1.165, 1.54) is 19.3 Å². The summed E-state index contributed by atoms with van der Waals surface area (Å²) in [4.78, 5) is 47.4. The topological polar surface area (TPSA) is 142 Å². The number of aliphatic carboxylic acids is 1. The highest BCUT2D eigenvalue weighted by Gasteiger charge is 2.18. The van der Waals surface area contributed by atoms with Crippen molar-refractivity contribution in [2.45, 2.75) is 161 Å². The molecule has 0 aliphatic rings. The SMILES string of the molecule is CC/C=C\C/C=C\C/C=C\C/C=C\C/C=C\C/C=C\C/C=C\CCCC(=O)OC(/C=C\CCCCCC)CCCCCCC(=O)NCC(=O)NC(CO)C(=O)O. The summed E-state index contributed by atoms with van der Waals surface area (Å²) in [5.41, 5.74) is 0. The van der Waals surface area contributed by atoms with Crippen molar-refractivity contribution >= 4 is 23.8 Å². The van der Waals surface area contributed by atoms with Gasteiger partial charge in [0.25, 0.3) is 0 Å². The molecule has 0 aromatic heterocycles. The molecule has 0 saturated heterocycles. The number of carbonyl (C=O) groups excluding carboxylic acids is 3. The Balaban J connectivity index is 4.27. The first-order chi connectivity index (χ1) is 27.3. The van der Waals surface area contributed by atoms with Crippen molar-refractivity contribution in [3.05, 3.63) is 97.2 Å². The summed E-state index contributed by atoms with van der Waals surface area (Å²) in [6, 6.07) is -1.40. The van der Waals surface area contributed by atoms with Crippen molar-refractivity contribution in [2.75, 3.05) is 13.2 Å². The minimum absolute atomic E-state index is 0.176. The molecule has 2 amide bonds. The van der Waals surface area contributed by atoms with Gasteiger partial charge in [-0.1, -0.05) is 137 Å². The molecule has 9 heteroatoms. The fraction of sp³-hybridized carbons (Fsp3) is 0.574. The van der Waals surface area contributed by atoms with Gasteiger partial charge in [-0.15, -0.1) is 0 Å². The minimum Gasteiger partial charge on any atom is -0.480 e. The largest absolute Gasteiger partial charge is 0.480 e. The quantitative estimate of drug-likeness (QED) is 0.0282. The maximum absolute atomic E-state index is 12.7. The third-order valence-electron chi connectivity index (χ3n) is 8.55. The molecule has 56 heavy (non-hydrogen) atoms. The molecule has 314 valence electrons. The van der Waals surface area contributed by atoms with Gasteiger partial charge in [-0.05, 0) is 96.0 Å². The van der Waals surface area contributed by atoms with Crippen LogP contribution in [0.5, 0.6) is 0 Å². The Bertz CT molecular complexity index is 1260. The van der Waals surface area contributed by atoms with Gasteiger partial charge in [-0.3, -0.25) is 14.4 Å². The summed E-state index contributed by atoms with van der Waals surface area (Å²) in [7, 11) is 0. The lowest BCUT2D eigenvalue weighted by molar-refractivity contribution is -0.147. The van der Waals surface area contributed by atoms with E-state index in [0.717, 1.165) is 96.3 Å². The van der Waals surface area contributed by atoms with Crippen molar-refractivity contribution in [3.8, 4) is 0 Å². The molecule has 0 radical (unpaired) electrons. The monoisotopic (exact) mass is 779 g/mol. The summed E-state index contributed by atoms with van der Waals surface area (Å²) in [6.45, 7) is 3.27. The van der Waals surface area contributed by atoms with Crippen LogP contribution in [0.3, 0.4) is 0 Å². The molecule has 9 nitrogen and oxygen atoms in total. The van der Waals surface area contributed by atoms with Crippen molar-refractivity contribution in [1.29, 1.82) is 0 Å². The van der Waals surface area contributed by atoms with Gasteiger partial charge < -0.3 is 25.6 Å². The first-order valence-corrected chi connectivity index (χ1v) is 21.1. The van der Waals surface area contributed by atoms with Crippen molar-refractivity contribution in [1.82, 2.24) is 10.6 Å². The fourth-order valence-electron chi connectivity index (χ4n) is 5.32. The molecule has 0 aromatic carbocycles. The molecule has 0 aliphatic heterocycles. The maximum atomic E-state index is 12.7. The number of hydrogen-bond acceptors (Lipinski definition) is 6. The lowest BCUT2D eigenvalue weighted by Crippen LogP contribution is -2.47. The van der Waals surface area contributed by atoms with Gasteiger partial charge in [0.05, 0.1) is 13.2 Å². The number of esters is 1. The Hall–Kier alpha value is -4.24. The third kappa shape index (κ3) is 36.7. The van der Waals surface area contributed by atoms with Crippen LogP contribution in [0.4, 0.5) is 0 Å². The van der Waals surface area contributed by atoms with Gasteiger partial charge in [0.1, 0.15) is 12.1 Å². The van der Waals surface area contributed by atoms with Gasteiger partial charge in [0, 0.05) is 12.8 Å². The highest BCUT2D eigenvalue weighted by atomic mass is 16.5. The Morgan fingerprint density at radius 3 is 1.62 bits per heavy atom. The number of nitrogens with one attached hydrogen (secondary N) is 2. The van der Waals surface area contributed by atoms with Crippen LogP contribution in [0.1, 0.15) is 149 Å². The second kappa shape index (κ2) is 40.4. The van der Waals surface area contributed by atoms with E-state index in [4.69, 9.17) is 14.9 Å². The smallest absolute Gasteiger partial charge is 0.328 e. The van der Waals surface area contributed by atoms with Crippen molar-refractivity contribution < 1.29 is 34.1 Å². The van der Waals surface area contributed by atoms with E-state index in [1.807, 2.05) is 6.08 Å². The number of allylic oxidation sites excluding steroid dienone is 15. The molecule has 2 unspecified atom stereocenters. The molecule has 0 heterocycles. The zero-order valence-electron chi connectivity index (χ0n) is 34.6. The molecule has 0 saturated carbocycles. The predicted octanol–water partition coefficient (Wildman–Crippen LogP) is 10.3. The zero-order chi connectivity index (χ0) is 41.2. The van der Waals surface area contributed by atoms with Crippen LogP contribution in [0.2, 0.25) is 0 Å². The minimum atomic E-state index is -1.40. The first kappa shape index (κ1) is 51.8. The number of aliphatic hydroxyl groups is 1. The van der Waals surface area contributed by atoms with E-state index >= 15 is 0 Å². The molecule has 0 aliphatic carbocycles. The predicted molar refractivity (Wildman–Crippen MR) is 231 cm³/mol. The summed E-state index contributed by atoms with van der Waals surface area (Å²) < 4.78 is 5.84. The number of unbranched alkanes of at least 4 members (excludes halogenated alkanes) is 8. The number of hydrogen-bond donors (Lipinski definition) is 4. The molecular formula is C47H74N2O7. The van der Waals surface area contributed by atoms with Crippen molar-refractivity contribution in [2.24, 2.45) is 0 Å². The number of ether oxygens (including phenoxy) is 1. The van der Waals surface area contributed by atoms with E-state index in [-0.39, 0.29) is 30.9 Å². The van der Waals surface area contributed by atoms with Crippen LogP contribution in [0, 0.1) is 0 Å². The lowest BCUT2D eigenvalue weighted by Gasteiger charge is -2.15. The molecule has 0 aromatic rings. The molecule has 0 rings (SSSR count). The zero-order valence-corrected chi connectivity index (χ0v) is 34.6. The standard InChI is InChI=1S/C47H74N2O7/c1-3-5-7-9-11-12-13-14-15-16-17-18-19-20-21-22-23-24-25-26-27-29-35-39-46(53)56-42(36-32-28-10-8-6-4-2)37-33-30-31-34-38-44(51)48-40-45(52)49-43(41-50)47(54)55/h5,7,11-12,14-15,17-18,20-21,23-24,26-27,32,36,42-43,50H,3-4,6,8-10,13,16,19,22,25,28-31,33-35,37-41H2,1-2H3,(H,48,51)(H,49,52)(H,54,55)/b7-5-,12-11-,15-14-,18-17-,21-20-,24-23-,27-26-,36-32-. The van der Waals surface area contributed by atoms with Crippen LogP contribution in [-0.4, -0.2) is 59.3 Å². The van der Waals surface area contributed by atoms with E-state index < -0.39 is 24.5 Å². The Labute approximate surface area is 338 Å². The Morgan fingerprint density at radius 1 is 0.571 bits per heavy atom. The van der Waals surface area contributed by atoms with E-state index in [0.29, 0.717) is 12.8 Å². The van der Waals surface area contributed by atoms with E-state index in [2.05, 4.69) is 116 Å². The number of carboxylic acid groups (broad SMARTS) is 1. The molecule has 0 fully saturated rings. The van der Waals surface area contributed by atoms with Crippen LogP contribution in [-0.2, 0) is 23.9 Å². The highest BCUT2D eigenvalue weighted by molar-refractivity contribution is 5.87. The fourth-order valence-corrected chi connectivity index (χ4v) is 5.32. The lowest BCUT2D eigenvalue weighted by atomic mass is 10.1. The molecule has 2 atom stereocenters. The average Bonchev–Trinajstić information content (AvgIpc) is 3.18. The van der Waals surface area contributed by atoms with Gasteiger partial charge in [-0.2, -0.15) is 0 Å². The van der Waals surface area contributed by atoms with Gasteiger partial charge in [0.2, 0.25) is 11.8 Å². The van der Waals surface area contributed by atoms with E-state index in [1.54, 1.807) is 0 Å². The number of carboxylic acids is 1. The summed E-state index contributed by atoms with van der Waals surface area (Å²) in [5, 5.41) is 22.5. The number of amides is 2. The average molecular weight is 779 g/mol. The maximum Gasteiger partial charge on any atom is 0.328 e. The third-order valence-corrected chi connectivity index (χ3v) is 8.55. The van der Waals surface area contributed by atoms with Crippen LogP contribution >= 0.6 is 0 Å². The molecule has 0 bridgehead atoms. The summed E-state index contributed by atoms with van der Waals surface area (Å²) >= 11 is 0. The second-order valence-electron chi connectivity index (χ2n) is 13.7. The highest BCUT2D eigenvalue weighted by Crippen LogP contribution is 2.14.